The van der Waals surface area contributed by atoms with Crippen LogP contribution in [0.4, 0.5) is 0 Å². The fourth-order valence-corrected chi connectivity index (χ4v) is 8.47. The molecule has 0 radical (unpaired) electrons. The van der Waals surface area contributed by atoms with Gasteiger partial charge in [0.15, 0.2) is 0 Å². The second-order valence-electron chi connectivity index (χ2n) is 7.82. The quantitative estimate of drug-likeness (QED) is 0.162. The van der Waals surface area contributed by atoms with Crippen molar-refractivity contribution >= 4 is 27.0 Å². The van der Waals surface area contributed by atoms with Crippen LogP contribution in [-0.4, -0.2) is 60.7 Å². The first-order valence-electron chi connectivity index (χ1n) is 10.4. The maximum absolute atomic E-state index is 14.1. The third-order valence-corrected chi connectivity index (χ3v) is 9.89. The fourth-order valence-electron chi connectivity index (χ4n) is 3.32. The molecule has 0 aliphatic carbocycles. The van der Waals surface area contributed by atoms with Gasteiger partial charge < -0.3 is 9.47 Å². The van der Waals surface area contributed by atoms with Crippen LogP contribution in [0.25, 0.3) is 0 Å². The minimum Gasteiger partial charge on any atom is -0.468 e. The van der Waals surface area contributed by atoms with Crippen molar-refractivity contribution in [2.45, 2.75) is 39.8 Å². The van der Waals surface area contributed by atoms with E-state index >= 15 is 0 Å². The van der Waals surface area contributed by atoms with Crippen LogP contribution in [0, 0.1) is 11.8 Å². The third-order valence-electron chi connectivity index (χ3n) is 4.83. The van der Waals surface area contributed by atoms with Crippen LogP contribution in [-0.2, 0) is 32.5 Å². The second-order valence-corrected chi connectivity index (χ2v) is 12.5. The summed E-state index contributed by atoms with van der Waals surface area (Å²) >= 11 is 0. The minimum absolute atomic E-state index is 0.0511. The largest absolute Gasteiger partial charge is 0.468 e. The summed E-state index contributed by atoms with van der Waals surface area (Å²) in [5, 5.41) is 0. The Kier molecular flexibility index (Phi) is 13.1. The molecule has 0 rings (SSSR count). The fraction of sp³-hybridized carbons (Fsp3) is 0.545. The average Bonchev–Trinajstić information content (AvgIpc) is 2.77. The van der Waals surface area contributed by atoms with E-state index in [1.807, 2.05) is 0 Å². The third kappa shape index (κ3) is 7.62. The van der Waals surface area contributed by atoms with Gasteiger partial charge in [-0.05, 0) is 11.8 Å². The van der Waals surface area contributed by atoms with Gasteiger partial charge in [0.05, 0.1) is 14.2 Å². The zero-order valence-electron chi connectivity index (χ0n) is 20.5. The van der Waals surface area contributed by atoms with Gasteiger partial charge in [0.2, 0.25) is 0 Å². The highest BCUT2D eigenvalue weighted by molar-refractivity contribution is 7.72. The van der Waals surface area contributed by atoms with E-state index in [0.29, 0.717) is 0 Å². The molecule has 4 atom stereocenters. The molecule has 0 fully saturated rings. The molecule has 33 heavy (non-hydrogen) atoms. The molecule has 11 heteroatoms. The molecule has 188 valence electrons. The zero-order valence-corrected chi connectivity index (χ0v) is 22.3. The molecule has 3 unspecified atom stereocenters. The van der Waals surface area contributed by atoms with Crippen LogP contribution in [0.1, 0.15) is 27.7 Å². The van der Waals surface area contributed by atoms with Crippen molar-refractivity contribution in [3.8, 4) is 0 Å². The summed E-state index contributed by atoms with van der Waals surface area (Å²) in [7, 11) is -5.90. The molecular weight excluding hydrogens is 466 g/mol. The van der Waals surface area contributed by atoms with Crippen molar-refractivity contribution in [3.05, 3.63) is 50.1 Å². The normalized spacial score (nSPS) is 17.0. The summed E-state index contributed by atoms with van der Waals surface area (Å²) < 4.78 is 46.3. The van der Waals surface area contributed by atoms with E-state index in [1.54, 1.807) is 27.7 Å². The van der Waals surface area contributed by atoms with E-state index in [2.05, 4.69) is 26.3 Å². The standard InChI is InChI=1S/C22H38N2O7P2/c1-11-15-23(19(17(5)6)21(25)29-9)32(27,13-3)31-33(28,14-4)24(16-12-2)20(18(7)8)22(26)30-10/h11-14,17-20H,1-4,15-16H2,5-10H3/t19-,20?,32?,33?/m0/s1. The highest BCUT2D eigenvalue weighted by Gasteiger charge is 2.48. The molecule has 0 heterocycles. The van der Waals surface area contributed by atoms with Crippen molar-refractivity contribution < 1.29 is 32.5 Å². The number of ether oxygens (including phenoxy) is 2. The molecule has 0 aliphatic rings. The Morgan fingerprint density at radius 2 is 1.06 bits per heavy atom. The van der Waals surface area contributed by atoms with Gasteiger partial charge in [0, 0.05) is 24.7 Å². The Balaban J connectivity index is 6.78. The number of esters is 2. The first-order chi connectivity index (χ1) is 15.3. The van der Waals surface area contributed by atoms with E-state index in [9.17, 15) is 18.7 Å². The van der Waals surface area contributed by atoms with Gasteiger partial charge in [-0.15, -0.1) is 13.2 Å². The van der Waals surface area contributed by atoms with Gasteiger partial charge in [0.1, 0.15) is 12.1 Å². The second kappa shape index (κ2) is 13.8. The maximum atomic E-state index is 14.1. The predicted octanol–water partition coefficient (Wildman–Crippen LogP) is 5.05. The summed E-state index contributed by atoms with van der Waals surface area (Å²) in [5.74, 6) is 0.0338. The molecule has 9 nitrogen and oxygen atoms in total. The lowest BCUT2D eigenvalue weighted by Crippen LogP contribution is -2.45. The Hall–Kier alpha value is -1.76. The molecule has 0 spiro atoms. The van der Waals surface area contributed by atoms with Crippen molar-refractivity contribution in [1.82, 2.24) is 9.34 Å². The highest BCUT2D eigenvalue weighted by Crippen LogP contribution is 2.69. The highest BCUT2D eigenvalue weighted by atomic mass is 31.2. The first-order valence-corrected chi connectivity index (χ1v) is 13.7. The predicted molar refractivity (Wildman–Crippen MR) is 132 cm³/mol. The molecule has 0 bridgehead atoms. The lowest BCUT2D eigenvalue weighted by Gasteiger charge is -2.40. The van der Waals surface area contributed by atoms with E-state index in [-0.39, 0.29) is 24.9 Å². The van der Waals surface area contributed by atoms with E-state index < -0.39 is 39.1 Å². The van der Waals surface area contributed by atoms with Crippen molar-refractivity contribution in [1.29, 1.82) is 0 Å². The molecule has 0 aromatic rings. The summed E-state index contributed by atoms with van der Waals surface area (Å²) in [6, 6.07) is -2.02. The molecule has 0 aromatic carbocycles. The van der Waals surface area contributed by atoms with E-state index in [1.165, 1.54) is 35.7 Å². The molecule has 0 N–H and O–H groups in total. The zero-order chi connectivity index (χ0) is 26.0. The lowest BCUT2D eigenvalue weighted by atomic mass is 10.0. The molecule has 0 aliphatic heterocycles. The maximum Gasteiger partial charge on any atom is 0.323 e. The summed E-state index contributed by atoms with van der Waals surface area (Å²) in [6.45, 7) is 21.4. The van der Waals surface area contributed by atoms with Crippen molar-refractivity contribution in [2.24, 2.45) is 11.8 Å². The van der Waals surface area contributed by atoms with Gasteiger partial charge in [-0.3, -0.25) is 18.7 Å². The Morgan fingerprint density at radius 1 is 0.758 bits per heavy atom. The van der Waals surface area contributed by atoms with Gasteiger partial charge in [-0.1, -0.05) is 53.0 Å². The van der Waals surface area contributed by atoms with Gasteiger partial charge >= 0.3 is 27.0 Å². The van der Waals surface area contributed by atoms with Crippen LogP contribution >= 0.6 is 15.0 Å². The summed E-state index contributed by atoms with van der Waals surface area (Å²) in [6.07, 6.45) is 2.87. The Labute approximate surface area is 198 Å². The lowest BCUT2D eigenvalue weighted by molar-refractivity contribution is -0.147. The molecular formula is C22H38N2O7P2. The Morgan fingerprint density at radius 3 is 1.24 bits per heavy atom. The average molecular weight is 505 g/mol. The van der Waals surface area contributed by atoms with Gasteiger partial charge in [-0.25, -0.2) is 13.7 Å². The van der Waals surface area contributed by atoms with Gasteiger partial charge in [0.25, 0.3) is 0 Å². The van der Waals surface area contributed by atoms with Crippen LogP contribution in [0.3, 0.4) is 0 Å². The number of hydrogen-bond acceptors (Lipinski definition) is 7. The molecule has 0 saturated heterocycles. The first kappa shape index (κ1) is 31.2. The number of rotatable bonds is 16. The van der Waals surface area contributed by atoms with E-state index in [0.717, 1.165) is 11.6 Å². The van der Waals surface area contributed by atoms with Crippen LogP contribution in [0.15, 0.2) is 50.1 Å². The monoisotopic (exact) mass is 504 g/mol. The Bertz CT molecular complexity index is 760. The van der Waals surface area contributed by atoms with Crippen LogP contribution in [0.2, 0.25) is 0 Å². The number of hydrogen-bond donors (Lipinski definition) is 0. The van der Waals surface area contributed by atoms with Crippen molar-refractivity contribution in [2.75, 3.05) is 27.3 Å². The van der Waals surface area contributed by atoms with Crippen molar-refractivity contribution in [3.63, 3.8) is 0 Å². The van der Waals surface area contributed by atoms with E-state index in [4.69, 9.17) is 13.8 Å². The number of carbonyl (C=O) groups excluding carboxylic acids is 2. The topological polar surface area (TPSA) is 102 Å². The van der Waals surface area contributed by atoms with Crippen LogP contribution < -0.4 is 0 Å². The minimum atomic E-state index is -4.17. The summed E-state index contributed by atoms with van der Waals surface area (Å²) in [5.41, 5.74) is 0. The summed E-state index contributed by atoms with van der Waals surface area (Å²) in [4.78, 5) is 25.1. The molecule has 0 saturated carbocycles. The van der Waals surface area contributed by atoms with Crippen LogP contribution in [0.5, 0.6) is 0 Å². The SMILES string of the molecule is C=CCN(C(C(=O)OC)C(C)C)P(=O)(C=C)OP(=O)(C=C)N(CC=C)[C@H](C(=O)OC)C(C)C. The number of carbonyl (C=O) groups is 2. The smallest absolute Gasteiger partial charge is 0.323 e. The molecule has 0 amide bonds. The number of nitrogens with zero attached hydrogens (tertiary/aromatic N) is 2. The number of methoxy groups -OCH3 is 2. The van der Waals surface area contributed by atoms with Gasteiger partial charge in [-0.2, -0.15) is 0 Å². The molecule has 0 aromatic heterocycles.